The molecule has 0 saturated heterocycles. The smallest absolute Gasteiger partial charge is 0.0520 e. The van der Waals surface area contributed by atoms with Crippen molar-refractivity contribution >= 4 is 17.1 Å². The minimum Gasteiger partial charge on any atom is -0.309 e. The second-order valence-electron chi connectivity index (χ2n) is 10.1. The highest BCUT2D eigenvalue weighted by Crippen LogP contribution is 2.46. The molecule has 0 saturated carbocycles. The van der Waals surface area contributed by atoms with Gasteiger partial charge < -0.3 is 4.90 Å². The van der Waals surface area contributed by atoms with Crippen LogP contribution in [0.1, 0.15) is 63.8 Å². The lowest BCUT2D eigenvalue weighted by atomic mass is 9.83. The highest BCUT2D eigenvalue weighted by molar-refractivity contribution is 5.84. The van der Waals surface area contributed by atoms with Gasteiger partial charge in [-0.2, -0.15) is 0 Å². The molecule has 0 amide bonds. The van der Waals surface area contributed by atoms with Gasteiger partial charge in [-0.25, -0.2) is 0 Å². The minimum atomic E-state index is 0.0438. The number of nitrogens with zero attached hydrogens (tertiary/aromatic N) is 1. The van der Waals surface area contributed by atoms with Crippen molar-refractivity contribution in [1.82, 2.24) is 0 Å². The van der Waals surface area contributed by atoms with Gasteiger partial charge in [-0.15, -0.1) is 0 Å². The molecule has 0 radical (unpaired) electrons. The summed E-state index contributed by atoms with van der Waals surface area (Å²) in [6.07, 6.45) is 0. The molecule has 0 aliphatic carbocycles. The van der Waals surface area contributed by atoms with Crippen LogP contribution in [0, 0.1) is 13.8 Å². The molecule has 0 unspecified atom stereocenters. The molecule has 0 N–H and O–H groups in total. The van der Waals surface area contributed by atoms with Crippen molar-refractivity contribution in [2.45, 2.75) is 66.2 Å². The molecule has 0 heterocycles. The summed E-state index contributed by atoms with van der Waals surface area (Å²) in [7, 11) is 0. The van der Waals surface area contributed by atoms with E-state index in [0.717, 1.165) is 0 Å². The maximum absolute atomic E-state index is 2.49. The first-order valence-corrected chi connectivity index (χ1v) is 10.6. The Morgan fingerprint density at radius 1 is 0.517 bits per heavy atom. The number of benzene rings is 3. The van der Waals surface area contributed by atoms with Crippen molar-refractivity contribution < 1.29 is 0 Å². The quantitative estimate of drug-likeness (QED) is 0.437. The SMILES string of the molecule is Cc1cccc(C)c1N(c1ccccc1C(C)(C)C)c1ccccc1C(C)(C)C. The maximum atomic E-state index is 2.49. The lowest BCUT2D eigenvalue weighted by Gasteiger charge is -2.36. The summed E-state index contributed by atoms with van der Waals surface area (Å²) in [5.74, 6) is 0. The average Bonchev–Trinajstić information content (AvgIpc) is 2.63. The number of rotatable bonds is 3. The molecular weight excluding hydrogens is 350 g/mol. The molecule has 0 atom stereocenters. The first kappa shape index (κ1) is 21.2. The second kappa shape index (κ2) is 7.71. The Morgan fingerprint density at radius 3 is 1.28 bits per heavy atom. The van der Waals surface area contributed by atoms with Gasteiger partial charge in [-0.05, 0) is 59.1 Å². The summed E-state index contributed by atoms with van der Waals surface area (Å²) in [6.45, 7) is 18.2. The van der Waals surface area contributed by atoms with E-state index in [1.807, 2.05) is 0 Å². The topological polar surface area (TPSA) is 3.24 Å². The number of para-hydroxylation sites is 3. The molecule has 0 fully saturated rings. The zero-order valence-corrected chi connectivity index (χ0v) is 19.3. The van der Waals surface area contributed by atoms with Crippen LogP contribution in [0.15, 0.2) is 66.7 Å². The molecule has 0 aromatic heterocycles. The van der Waals surface area contributed by atoms with E-state index in [9.17, 15) is 0 Å². The van der Waals surface area contributed by atoms with Gasteiger partial charge >= 0.3 is 0 Å². The Morgan fingerprint density at radius 2 is 0.897 bits per heavy atom. The number of hydrogen-bond donors (Lipinski definition) is 0. The van der Waals surface area contributed by atoms with E-state index in [1.54, 1.807) is 0 Å². The van der Waals surface area contributed by atoms with Crippen LogP contribution in [0.2, 0.25) is 0 Å². The zero-order valence-electron chi connectivity index (χ0n) is 19.3. The number of aryl methyl sites for hydroxylation is 2. The van der Waals surface area contributed by atoms with Gasteiger partial charge in [0.25, 0.3) is 0 Å². The predicted molar refractivity (Wildman–Crippen MR) is 128 cm³/mol. The van der Waals surface area contributed by atoms with Gasteiger partial charge in [-0.3, -0.25) is 0 Å². The standard InChI is InChI=1S/C28H35N/c1-20-14-13-15-21(2)26(20)29(24-18-11-9-16-22(24)27(3,4)5)25-19-12-10-17-23(25)28(6,7)8/h9-19H,1-8H3. The van der Waals surface area contributed by atoms with E-state index in [-0.39, 0.29) is 10.8 Å². The van der Waals surface area contributed by atoms with E-state index >= 15 is 0 Å². The molecule has 152 valence electrons. The fourth-order valence-corrected chi connectivity index (χ4v) is 4.13. The summed E-state index contributed by atoms with van der Waals surface area (Å²) in [5, 5.41) is 0. The van der Waals surface area contributed by atoms with Gasteiger partial charge in [0.2, 0.25) is 0 Å². The molecule has 0 aliphatic heterocycles. The molecule has 3 aromatic carbocycles. The molecule has 29 heavy (non-hydrogen) atoms. The Kier molecular flexibility index (Phi) is 5.63. The molecule has 1 heteroatoms. The van der Waals surface area contributed by atoms with Crippen LogP contribution >= 0.6 is 0 Å². The molecule has 1 nitrogen and oxygen atoms in total. The zero-order chi connectivity index (χ0) is 21.4. The summed E-state index contributed by atoms with van der Waals surface area (Å²) in [6, 6.07) is 24.3. The Hall–Kier alpha value is -2.54. The van der Waals surface area contributed by atoms with Crippen LogP contribution in [-0.4, -0.2) is 0 Å². The Balaban J connectivity index is 2.42. The van der Waals surface area contributed by atoms with Crippen LogP contribution in [0.25, 0.3) is 0 Å². The highest BCUT2D eigenvalue weighted by Gasteiger charge is 2.28. The summed E-state index contributed by atoms with van der Waals surface area (Å²) in [4.78, 5) is 2.49. The van der Waals surface area contributed by atoms with Crippen molar-refractivity contribution in [3.63, 3.8) is 0 Å². The van der Waals surface area contributed by atoms with Crippen molar-refractivity contribution in [3.8, 4) is 0 Å². The summed E-state index contributed by atoms with van der Waals surface area (Å²) < 4.78 is 0. The normalized spacial score (nSPS) is 12.1. The van der Waals surface area contributed by atoms with Crippen molar-refractivity contribution in [2.24, 2.45) is 0 Å². The van der Waals surface area contributed by atoms with Crippen molar-refractivity contribution in [2.75, 3.05) is 4.90 Å². The molecule has 0 bridgehead atoms. The average molecular weight is 386 g/mol. The van der Waals surface area contributed by atoms with E-state index in [4.69, 9.17) is 0 Å². The van der Waals surface area contributed by atoms with E-state index < -0.39 is 0 Å². The van der Waals surface area contributed by atoms with E-state index in [1.165, 1.54) is 39.3 Å². The van der Waals surface area contributed by atoms with Crippen molar-refractivity contribution in [3.05, 3.63) is 89.0 Å². The van der Waals surface area contributed by atoms with Gasteiger partial charge in [0.05, 0.1) is 5.69 Å². The number of hydrogen-bond acceptors (Lipinski definition) is 1. The molecule has 0 aliphatic rings. The number of anilines is 3. The molecule has 3 rings (SSSR count). The third-order valence-corrected chi connectivity index (χ3v) is 5.57. The summed E-state index contributed by atoms with van der Waals surface area (Å²) >= 11 is 0. The van der Waals surface area contributed by atoms with Gasteiger partial charge in [-0.1, -0.05) is 96.1 Å². The largest absolute Gasteiger partial charge is 0.309 e. The monoisotopic (exact) mass is 385 g/mol. The highest BCUT2D eigenvalue weighted by atomic mass is 15.2. The fraction of sp³-hybridized carbons (Fsp3) is 0.357. The van der Waals surface area contributed by atoms with Gasteiger partial charge in [0.1, 0.15) is 0 Å². The maximum Gasteiger partial charge on any atom is 0.0520 e. The lowest BCUT2D eigenvalue weighted by Crippen LogP contribution is -2.23. The third kappa shape index (κ3) is 4.24. The first-order chi connectivity index (χ1) is 13.5. The van der Waals surface area contributed by atoms with Crippen LogP contribution in [0.3, 0.4) is 0 Å². The lowest BCUT2D eigenvalue weighted by molar-refractivity contribution is 0.587. The van der Waals surface area contributed by atoms with E-state index in [2.05, 4.69) is 127 Å². The Labute approximate surface area is 177 Å². The predicted octanol–water partition coefficient (Wildman–Crippen LogP) is 8.37. The second-order valence-corrected chi connectivity index (χ2v) is 10.1. The van der Waals surface area contributed by atoms with E-state index in [0.29, 0.717) is 0 Å². The minimum absolute atomic E-state index is 0.0438. The van der Waals surface area contributed by atoms with Crippen LogP contribution in [0.4, 0.5) is 17.1 Å². The van der Waals surface area contributed by atoms with Gasteiger partial charge in [0, 0.05) is 11.4 Å². The Bertz CT molecular complexity index is 922. The fourth-order valence-electron chi connectivity index (χ4n) is 4.13. The molecular formula is C28H35N. The van der Waals surface area contributed by atoms with Crippen LogP contribution in [0.5, 0.6) is 0 Å². The van der Waals surface area contributed by atoms with Crippen molar-refractivity contribution in [1.29, 1.82) is 0 Å². The third-order valence-electron chi connectivity index (χ3n) is 5.57. The van der Waals surface area contributed by atoms with Crippen LogP contribution in [-0.2, 0) is 10.8 Å². The molecule has 3 aromatic rings. The van der Waals surface area contributed by atoms with Crippen LogP contribution < -0.4 is 4.90 Å². The first-order valence-electron chi connectivity index (χ1n) is 10.6. The molecule has 0 spiro atoms. The summed E-state index contributed by atoms with van der Waals surface area (Å²) in [5.41, 5.74) is 9.17. The van der Waals surface area contributed by atoms with Gasteiger partial charge in [0.15, 0.2) is 0 Å².